The maximum absolute atomic E-state index is 4.10. The van der Waals surface area contributed by atoms with E-state index in [4.69, 9.17) is 0 Å². The van der Waals surface area contributed by atoms with Crippen LogP contribution in [0.25, 0.3) is 0 Å². The Balaban J connectivity index is 2.61. The molecule has 50 valence electrons. The Kier molecular flexibility index (Phi) is 3.46. The van der Waals surface area contributed by atoms with Crippen LogP contribution in [0, 0.1) is 0 Å². The first-order valence-corrected chi connectivity index (χ1v) is 5.54. The number of thiol groups is 1. The van der Waals surface area contributed by atoms with Crippen molar-refractivity contribution in [3.8, 4) is 0 Å². The fourth-order valence-electron chi connectivity index (χ4n) is 0.439. The third-order valence-electron chi connectivity index (χ3n) is 0.755. The van der Waals surface area contributed by atoms with Crippen LogP contribution < -0.4 is 0 Å². The number of hydrogen-bond donors (Lipinski definition) is 1. The van der Waals surface area contributed by atoms with Gasteiger partial charge in [0.05, 0.1) is 8.00 Å². The van der Waals surface area contributed by atoms with Crippen molar-refractivity contribution in [1.29, 1.82) is 0 Å². The number of hydrogen-bond acceptors (Lipinski definition) is 3. The first kappa shape index (κ1) is 7.98. The summed E-state index contributed by atoms with van der Waals surface area (Å²) in [6.45, 7) is 0. The highest BCUT2D eigenvalue weighted by Gasteiger charge is 1.94. The molecule has 0 aliphatic carbocycles. The van der Waals surface area contributed by atoms with Crippen LogP contribution in [0.5, 0.6) is 0 Å². The van der Waals surface area contributed by atoms with Crippen molar-refractivity contribution < 1.29 is 0 Å². The molecule has 1 aromatic rings. The highest BCUT2D eigenvalue weighted by molar-refractivity contribution is 9.11. The molecule has 1 heterocycles. The molecule has 0 amide bonds. The van der Waals surface area contributed by atoms with Crippen LogP contribution in [0.1, 0.15) is 0 Å². The van der Waals surface area contributed by atoms with Gasteiger partial charge in [-0.2, -0.15) is 12.6 Å². The summed E-state index contributed by atoms with van der Waals surface area (Å²) in [5, 5.41) is 0.854. The molecule has 0 fully saturated rings. The average Bonchev–Trinajstić information content (AvgIpc) is 2.17. The number of rotatable bonds is 2. The summed E-state index contributed by atoms with van der Waals surface area (Å²) >= 11 is 11.0. The zero-order valence-corrected chi connectivity index (χ0v) is 8.62. The highest BCUT2D eigenvalue weighted by Crippen LogP contribution is 2.30. The summed E-state index contributed by atoms with van der Waals surface area (Å²) in [5.41, 5.74) is 0. The molecule has 0 unspecified atom stereocenters. The lowest BCUT2D eigenvalue weighted by Gasteiger charge is -1.86. The molecule has 0 N–H and O–H groups in total. The van der Waals surface area contributed by atoms with Crippen molar-refractivity contribution >= 4 is 51.7 Å². The second kappa shape index (κ2) is 3.91. The Morgan fingerprint density at radius 3 is 2.89 bits per heavy atom. The normalized spacial score (nSPS) is 10.0. The Bertz CT molecular complexity index is 184. The predicted molar refractivity (Wildman–Crippen MR) is 51.7 cm³/mol. The van der Waals surface area contributed by atoms with Crippen molar-refractivity contribution in [2.75, 3.05) is 5.08 Å². The molecule has 0 aliphatic heterocycles. The van der Waals surface area contributed by atoms with Crippen LogP contribution in [-0.2, 0) is 0 Å². The van der Waals surface area contributed by atoms with Crippen LogP contribution in [0.15, 0.2) is 20.1 Å². The van der Waals surface area contributed by atoms with E-state index in [9.17, 15) is 0 Å². The molecule has 0 nitrogen and oxygen atoms in total. The van der Waals surface area contributed by atoms with Crippen molar-refractivity contribution in [2.45, 2.75) is 4.21 Å². The molecule has 0 saturated carbocycles. The van der Waals surface area contributed by atoms with Crippen LogP contribution in [0.3, 0.4) is 0 Å². The van der Waals surface area contributed by atoms with Gasteiger partial charge in [-0.05, 0) is 28.1 Å². The van der Waals surface area contributed by atoms with E-state index < -0.39 is 0 Å². The summed E-state index contributed by atoms with van der Waals surface area (Å²) in [4.78, 5) is 0. The zero-order chi connectivity index (χ0) is 6.69. The van der Waals surface area contributed by atoms with Crippen LogP contribution in [-0.4, -0.2) is 5.08 Å². The fraction of sp³-hybridized carbons (Fsp3) is 0.200. The largest absolute Gasteiger partial charge is 0.168 e. The molecule has 9 heavy (non-hydrogen) atoms. The van der Waals surface area contributed by atoms with Crippen molar-refractivity contribution in [3.05, 3.63) is 15.9 Å². The first-order chi connectivity index (χ1) is 4.33. The highest BCUT2D eigenvalue weighted by atomic mass is 79.9. The molecule has 0 atom stereocenters. The lowest BCUT2D eigenvalue weighted by atomic mass is 10.7. The fourth-order valence-corrected chi connectivity index (χ4v) is 3.53. The minimum Gasteiger partial charge on any atom is -0.168 e. The molecule has 0 saturated heterocycles. The van der Waals surface area contributed by atoms with Crippen LogP contribution >= 0.6 is 51.7 Å². The molecular weight excluding hydrogens is 236 g/mol. The van der Waals surface area contributed by atoms with Gasteiger partial charge in [-0.15, -0.1) is 23.1 Å². The Hall–Kier alpha value is 0.880. The summed E-state index contributed by atoms with van der Waals surface area (Å²) in [6.07, 6.45) is 0. The van der Waals surface area contributed by atoms with Gasteiger partial charge >= 0.3 is 0 Å². The minimum atomic E-state index is 0.854. The second-order valence-electron chi connectivity index (χ2n) is 1.33. The predicted octanol–water partition coefficient (Wildman–Crippen LogP) is 3.49. The maximum Gasteiger partial charge on any atom is 0.0710 e. The number of thiophene rings is 1. The van der Waals surface area contributed by atoms with Crippen molar-refractivity contribution in [3.63, 3.8) is 0 Å². The van der Waals surface area contributed by atoms with Gasteiger partial charge in [-0.25, -0.2) is 0 Å². The third-order valence-corrected chi connectivity index (χ3v) is 3.71. The van der Waals surface area contributed by atoms with E-state index >= 15 is 0 Å². The SMILES string of the molecule is SCSc1ccc(Br)s1. The number of halogens is 1. The Labute approximate surface area is 76.6 Å². The summed E-state index contributed by atoms with van der Waals surface area (Å²) < 4.78 is 2.50. The van der Waals surface area contributed by atoms with Gasteiger partial charge in [-0.1, -0.05) is 0 Å². The molecule has 0 spiro atoms. The Morgan fingerprint density at radius 2 is 2.44 bits per heavy atom. The van der Waals surface area contributed by atoms with Crippen LogP contribution in [0.2, 0.25) is 0 Å². The minimum absolute atomic E-state index is 0.854. The molecule has 0 aromatic carbocycles. The summed E-state index contributed by atoms with van der Waals surface area (Å²) in [5.74, 6) is 0. The molecule has 1 aromatic heterocycles. The van der Waals surface area contributed by atoms with E-state index in [1.807, 2.05) is 0 Å². The topological polar surface area (TPSA) is 0 Å². The molecule has 0 bridgehead atoms. The van der Waals surface area contributed by atoms with E-state index in [-0.39, 0.29) is 0 Å². The van der Waals surface area contributed by atoms with Gasteiger partial charge in [0.2, 0.25) is 0 Å². The third kappa shape index (κ3) is 2.53. The number of thioether (sulfide) groups is 1. The van der Waals surface area contributed by atoms with Crippen molar-refractivity contribution in [2.24, 2.45) is 0 Å². The molecule has 0 radical (unpaired) electrons. The summed E-state index contributed by atoms with van der Waals surface area (Å²) in [6, 6.07) is 4.14. The Morgan fingerprint density at radius 1 is 1.67 bits per heavy atom. The van der Waals surface area contributed by atoms with Crippen molar-refractivity contribution in [1.82, 2.24) is 0 Å². The van der Waals surface area contributed by atoms with Gasteiger partial charge in [0.25, 0.3) is 0 Å². The monoisotopic (exact) mass is 240 g/mol. The smallest absolute Gasteiger partial charge is 0.0710 e. The van der Waals surface area contributed by atoms with Gasteiger partial charge in [0.15, 0.2) is 0 Å². The summed E-state index contributed by atoms with van der Waals surface area (Å²) in [7, 11) is 0. The molecule has 1 rings (SSSR count). The average molecular weight is 241 g/mol. The second-order valence-corrected chi connectivity index (χ2v) is 5.81. The van der Waals surface area contributed by atoms with Gasteiger partial charge < -0.3 is 0 Å². The quantitative estimate of drug-likeness (QED) is 0.470. The van der Waals surface area contributed by atoms with E-state index in [0.29, 0.717) is 0 Å². The van der Waals surface area contributed by atoms with E-state index in [2.05, 4.69) is 40.7 Å². The zero-order valence-electron chi connectivity index (χ0n) is 4.50. The van der Waals surface area contributed by atoms with Crippen LogP contribution in [0.4, 0.5) is 0 Å². The van der Waals surface area contributed by atoms with Gasteiger partial charge in [0.1, 0.15) is 0 Å². The van der Waals surface area contributed by atoms with Gasteiger partial charge in [-0.3, -0.25) is 0 Å². The lowest BCUT2D eigenvalue weighted by Crippen LogP contribution is -1.55. The molecule has 0 aliphatic rings. The first-order valence-electron chi connectivity index (χ1n) is 2.32. The van der Waals surface area contributed by atoms with E-state index in [1.165, 1.54) is 8.00 Å². The molecular formula is C5H5BrS3. The molecule has 4 heteroatoms. The standard InChI is InChI=1S/C5H5BrS3/c6-4-1-2-5(9-4)8-3-7/h1-2,7H,3H2. The van der Waals surface area contributed by atoms with E-state index in [1.54, 1.807) is 23.1 Å². The van der Waals surface area contributed by atoms with E-state index in [0.717, 1.165) is 5.08 Å². The lowest BCUT2D eigenvalue weighted by molar-refractivity contribution is 1.74. The maximum atomic E-state index is 4.10. The van der Waals surface area contributed by atoms with Gasteiger partial charge in [0, 0.05) is 5.08 Å².